The normalized spacial score (nSPS) is 22.6. The summed E-state index contributed by atoms with van der Waals surface area (Å²) in [5.74, 6) is -0.975. The van der Waals surface area contributed by atoms with Crippen LogP contribution in [0.3, 0.4) is 0 Å². The number of hydrogen-bond donors (Lipinski definition) is 0. The summed E-state index contributed by atoms with van der Waals surface area (Å²) in [6.07, 6.45) is 1.31. The molecule has 1 aliphatic heterocycles. The van der Waals surface area contributed by atoms with Crippen molar-refractivity contribution in [2.75, 3.05) is 20.1 Å². The summed E-state index contributed by atoms with van der Waals surface area (Å²) in [7, 11) is 1.93. The molecule has 1 heterocycles. The van der Waals surface area contributed by atoms with Gasteiger partial charge in [0, 0.05) is 13.0 Å². The molecule has 1 unspecified atom stereocenters. The molecular formula is C12H22ClNO3. The van der Waals surface area contributed by atoms with Crippen LogP contribution in [0, 0.1) is 5.92 Å². The van der Waals surface area contributed by atoms with E-state index in [4.69, 9.17) is 4.74 Å². The predicted octanol–water partition coefficient (Wildman–Crippen LogP) is 1.66. The molecule has 0 aromatic rings. The van der Waals surface area contributed by atoms with Crippen LogP contribution >= 0.6 is 12.4 Å². The van der Waals surface area contributed by atoms with Crippen LogP contribution in [-0.2, 0) is 14.3 Å². The third-order valence-electron chi connectivity index (χ3n) is 2.54. The van der Waals surface area contributed by atoms with E-state index in [0.29, 0.717) is 13.0 Å². The predicted molar refractivity (Wildman–Crippen MR) is 68.3 cm³/mol. The van der Waals surface area contributed by atoms with Crippen molar-refractivity contribution in [2.24, 2.45) is 5.92 Å². The van der Waals surface area contributed by atoms with Crippen molar-refractivity contribution in [3.8, 4) is 0 Å². The number of ether oxygens (including phenoxy) is 1. The lowest BCUT2D eigenvalue weighted by molar-refractivity contribution is -0.162. The molecule has 0 radical (unpaired) electrons. The number of ketones is 1. The van der Waals surface area contributed by atoms with Gasteiger partial charge in [0.05, 0.1) is 0 Å². The topological polar surface area (TPSA) is 46.6 Å². The molecule has 0 aromatic carbocycles. The highest BCUT2D eigenvalue weighted by Crippen LogP contribution is 2.17. The highest BCUT2D eigenvalue weighted by atomic mass is 35.5. The smallest absolute Gasteiger partial charge is 0.318 e. The largest absolute Gasteiger partial charge is 0.459 e. The van der Waals surface area contributed by atoms with Gasteiger partial charge in [0.25, 0.3) is 0 Å². The van der Waals surface area contributed by atoms with E-state index in [1.54, 1.807) is 0 Å². The minimum absolute atomic E-state index is 0. The molecule has 0 aliphatic carbocycles. The van der Waals surface area contributed by atoms with Crippen molar-refractivity contribution < 1.29 is 14.3 Å². The van der Waals surface area contributed by atoms with Crippen LogP contribution in [0.1, 0.15) is 33.6 Å². The van der Waals surface area contributed by atoms with Gasteiger partial charge >= 0.3 is 5.97 Å². The Hall–Kier alpha value is -0.610. The molecule has 1 fully saturated rings. The molecule has 0 aromatic heterocycles. The number of rotatable bonds is 1. The van der Waals surface area contributed by atoms with E-state index in [1.165, 1.54) is 0 Å². The average Bonchev–Trinajstić information content (AvgIpc) is 2.25. The Morgan fingerprint density at radius 2 is 2.00 bits per heavy atom. The first-order valence-electron chi connectivity index (χ1n) is 5.74. The molecule has 1 aliphatic rings. The van der Waals surface area contributed by atoms with Gasteiger partial charge in [-0.15, -0.1) is 12.4 Å². The van der Waals surface area contributed by atoms with Crippen molar-refractivity contribution in [3.05, 3.63) is 0 Å². The number of Topliss-reactive ketones (excluding diaryl/α,β-unsaturated/α-hetero) is 1. The van der Waals surface area contributed by atoms with E-state index < -0.39 is 11.5 Å². The third kappa shape index (κ3) is 5.50. The molecule has 4 nitrogen and oxygen atoms in total. The van der Waals surface area contributed by atoms with Crippen molar-refractivity contribution in [1.29, 1.82) is 0 Å². The molecule has 1 atom stereocenters. The summed E-state index contributed by atoms with van der Waals surface area (Å²) < 4.78 is 5.27. The molecule has 0 N–H and O–H groups in total. The lowest BCUT2D eigenvalue weighted by atomic mass is 10.0. The fourth-order valence-electron chi connectivity index (χ4n) is 1.78. The third-order valence-corrected chi connectivity index (χ3v) is 2.54. The van der Waals surface area contributed by atoms with Crippen molar-refractivity contribution in [2.45, 2.75) is 39.2 Å². The molecular weight excluding hydrogens is 242 g/mol. The minimum atomic E-state index is -0.605. The number of nitrogens with zero attached hydrogens (tertiary/aromatic N) is 1. The second kappa shape index (κ2) is 6.36. The molecule has 0 amide bonds. The summed E-state index contributed by atoms with van der Waals surface area (Å²) in [5.41, 5.74) is -0.526. The molecule has 5 heteroatoms. The Morgan fingerprint density at radius 1 is 1.41 bits per heavy atom. The molecule has 1 saturated heterocycles. The van der Waals surface area contributed by atoms with Crippen molar-refractivity contribution >= 4 is 24.2 Å². The minimum Gasteiger partial charge on any atom is -0.459 e. The van der Waals surface area contributed by atoms with Gasteiger partial charge in [0.2, 0.25) is 0 Å². The molecule has 1 rings (SSSR count). The molecule has 0 bridgehead atoms. The van der Waals surface area contributed by atoms with E-state index in [1.807, 2.05) is 32.7 Å². The first-order chi connectivity index (χ1) is 7.29. The maximum Gasteiger partial charge on any atom is 0.318 e. The Bertz CT molecular complexity index is 286. The van der Waals surface area contributed by atoms with Crippen LogP contribution in [-0.4, -0.2) is 42.4 Å². The quantitative estimate of drug-likeness (QED) is 0.533. The van der Waals surface area contributed by atoms with Gasteiger partial charge in [-0.2, -0.15) is 0 Å². The highest BCUT2D eigenvalue weighted by molar-refractivity contribution is 5.99. The average molecular weight is 264 g/mol. The number of hydrogen-bond acceptors (Lipinski definition) is 4. The summed E-state index contributed by atoms with van der Waals surface area (Å²) in [6.45, 7) is 6.79. The maximum absolute atomic E-state index is 11.9. The zero-order valence-electron chi connectivity index (χ0n) is 11.0. The lowest BCUT2D eigenvalue weighted by Crippen LogP contribution is -2.37. The van der Waals surface area contributed by atoms with Crippen LogP contribution < -0.4 is 0 Å². The summed E-state index contributed by atoms with van der Waals surface area (Å²) >= 11 is 0. The number of halogens is 1. The van der Waals surface area contributed by atoms with Crippen LogP contribution in [0.15, 0.2) is 0 Å². The van der Waals surface area contributed by atoms with Gasteiger partial charge in [0.1, 0.15) is 17.3 Å². The maximum atomic E-state index is 11.9. The first kappa shape index (κ1) is 16.4. The number of likely N-dealkylation sites (tertiary alicyclic amines) is 1. The van der Waals surface area contributed by atoms with E-state index in [9.17, 15) is 9.59 Å². The second-order valence-electron chi connectivity index (χ2n) is 5.42. The molecule has 0 spiro atoms. The first-order valence-corrected chi connectivity index (χ1v) is 5.74. The lowest BCUT2D eigenvalue weighted by Gasteiger charge is -2.24. The SMILES string of the molecule is CN1CCCC(=O)C(C(=O)OC(C)(C)C)C1.Cl. The Kier molecular flexibility index (Phi) is 6.13. The fourth-order valence-corrected chi connectivity index (χ4v) is 1.78. The Morgan fingerprint density at radius 3 is 2.53 bits per heavy atom. The second-order valence-corrected chi connectivity index (χ2v) is 5.42. The molecule has 17 heavy (non-hydrogen) atoms. The summed E-state index contributed by atoms with van der Waals surface area (Å²) in [5, 5.41) is 0. The van der Waals surface area contributed by atoms with E-state index in [2.05, 4.69) is 0 Å². The van der Waals surface area contributed by atoms with Gasteiger partial charge in [-0.1, -0.05) is 0 Å². The van der Waals surface area contributed by atoms with Gasteiger partial charge in [-0.3, -0.25) is 9.59 Å². The molecule has 100 valence electrons. The number of esters is 1. The summed E-state index contributed by atoms with van der Waals surface area (Å²) in [4.78, 5) is 25.6. The van der Waals surface area contributed by atoms with E-state index >= 15 is 0 Å². The zero-order valence-corrected chi connectivity index (χ0v) is 11.8. The van der Waals surface area contributed by atoms with Crippen LogP contribution in [0.25, 0.3) is 0 Å². The Labute approximate surface area is 109 Å². The highest BCUT2D eigenvalue weighted by Gasteiger charge is 2.33. The van der Waals surface area contributed by atoms with E-state index in [-0.39, 0.29) is 24.2 Å². The van der Waals surface area contributed by atoms with Crippen LogP contribution in [0.2, 0.25) is 0 Å². The van der Waals surface area contributed by atoms with Crippen molar-refractivity contribution in [1.82, 2.24) is 4.90 Å². The van der Waals surface area contributed by atoms with Gasteiger partial charge in [-0.25, -0.2) is 0 Å². The zero-order chi connectivity index (χ0) is 12.3. The van der Waals surface area contributed by atoms with Crippen LogP contribution in [0.5, 0.6) is 0 Å². The number of carbonyl (C=O) groups excluding carboxylic acids is 2. The van der Waals surface area contributed by atoms with Gasteiger partial charge in [0.15, 0.2) is 0 Å². The Balaban J connectivity index is 0.00000256. The number of carbonyl (C=O) groups is 2. The van der Waals surface area contributed by atoms with Crippen LogP contribution in [0.4, 0.5) is 0 Å². The fraction of sp³-hybridized carbons (Fsp3) is 0.833. The monoisotopic (exact) mass is 263 g/mol. The van der Waals surface area contributed by atoms with Crippen molar-refractivity contribution in [3.63, 3.8) is 0 Å². The van der Waals surface area contributed by atoms with Gasteiger partial charge < -0.3 is 9.64 Å². The van der Waals surface area contributed by atoms with Gasteiger partial charge in [-0.05, 0) is 40.8 Å². The molecule has 0 saturated carbocycles. The summed E-state index contributed by atoms with van der Waals surface area (Å²) in [6, 6.07) is 0. The standard InChI is InChI=1S/C12H21NO3.ClH/c1-12(2,3)16-11(15)9-8-13(4)7-5-6-10(9)14;/h9H,5-8H2,1-4H3;1H. The van der Waals surface area contributed by atoms with E-state index in [0.717, 1.165) is 13.0 Å².